The first-order valence-corrected chi connectivity index (χ1v) is 6.50. The summed E-state index contributed by atoms with van der Waals surface area (Å²) in [5, 5.41) is 6.36. The second-order valence-corrected chi connectivity index (χ2v) is 5.56. The first kappa shape index (κ1) is 14.5. The maximum atomic E-state index is 12.3. The van der Waals surface area contributed by atoms with Gasteiger partial charge in [0.25, 0.3) is 0 Å². The number of carbonyl (C=O) groups excluding carboxylic acids is 1. The van der Waals surface area contributed by atoms with E-state index >= 15 is 0 Å². The molecule has 1 unspecified atom stereocenters. The Balaban J connectivity index is 2.55. The molecule has 4 heteroatoms. The lowest BCUT2D eigenvalue weighted by Gasteiger charge is -2.36. The molecule has 17 heavy (non-hydrogen) atoms. The first-order valence-electron chi connectivity index (χ1n) is 6.50. The number of hydrogen-bond donors (Lipinski definition) is 2. The van der Waals surface area contributed by atoms with Gasteiger partial charge in [0.1, 0.15) is 0 Å². The fraction of sp³-hybridized carbons (Fsp3) is 0.923. The molecule has 0 aromatic rings. The number of amides is 1. The van der Waals surface area contributed by atoms with Gasteiger partial charge in [0, 0.05) is 20.2 Å². The van der Waals surface area contributed by atoms with Gasteiger partial charge in [-0.15, -0.1) is 0 Å². The third kappa shape index (κ3) is 3.68. The number of carbonyl (C=O) groups is 1. The van der Waals surface area contributed by atoms with Gasteiger partial charge in [-0.1, -0.05) is 6.92 Å². The summed E-state index contributed by atoms with van der Waals surface area (Å²) in [6.45, 7) is 8.43. The van der Waals surface area contributed by atoms with Crippen molar-refractivity contribution in [3.05, 3.63) is 0 Å². The zero-order valence-electron chi connectivity index (χ0n) is 11.6. The highest BCUT2D eigenvalue weighted by Gasteiger charge is 2.38. The summed E-state index contributed by atoms with van der Waals surface area (Å²) in [7, 11) is 1.67. The molecule has 0 bridgehead atoms. The number of rotatable bonds is 5. The van der Waals surface area contributed by atoms with Crippen molar-refractivity contribution in [3.8, 4) is 0 Å². The van der Waals surface area contributed by atoms with E-state index in [1.807, 2.05) is 13.8 Å². The van der Waals surface area contributed by atoms with Crippen molar-refractivity contribution >= 4 is 5.91 Å². The third-order valence-electron chi connectivity index (χ3n) is 3.86. The molecule has 0 aromatic carbocycles. The molecule has 1 amide bonds. The van der Waals surface area contributed by atoms with Crippen LogP contribution in [0.4, 0.5) is 0 Å². The van der Waals surface area contributed by atoms with E-state index in [1.54, 1.807) is 7.11 Å². The maximum Gasteiger partial charge on any atom is 0.227 e. The van der Waals surface area contributed by atoms with E-state index in [1.165, 1.54) is 0 Å². The van der Waals surface area contributed by atoms with Gasteiger partial charge < -0.3 is 15.4 Å². The molecule has 0 radical (unpaired) electrons. The minimum absolute atomic E-state index is 0.164. The minimum Gasteiger partial charge on any atom is -0.377 e. The predicted molar refractivity (Wildman–Crippen MR) is 68.9 cm³/mol. The van der Waals surface area contributed by atoms with Crippen LogP contribution in [0.1, 0.15) is 40.0 Å². The van der Waals surface area contributed by atoms with E-state index in [0.717, 1.165) is 32.4 Å². The largest absolute Gasteiger partial charge is 0.377 e. The van der Waals surface area contributed by atoms with Gasteiger partial charge in [0.05, 0.1) is 11.0 Å². The molecule has 1 saturated heterocycles. The molecule has 1 heterocycles. The van der Waals surface area contributed by atoms with E-state index in [-0.39, 0.29) is 16.9 Å². The van der Waals surface area contributed by atoms with Crippen molar-refractivity contribution < 1.29 is 9.53 Å². The molecule has 100 valence electrons. The zero-order valence-corrected chi connectivity index (χ0v) is 11.6. The number of piperidine rings is 1. The molecule has 1 aliphatic heterocycles. The molecular formula is C13H26N2O2. The standard InChI is InChI=1S/C13H26N2O2/c1-5-13(7-6-8-14-10-13)11(16)15-9-12(2,3)17-4/h14H,5-10H2,1-4H3,(H,15,16). The lowest BCUT2D eigenvalue weighted by molar-refractivity contribution is -0.133. The zero-order chi connectivity index (χ0) is 12.9. The van der Waals surface area contributed by atoms with Gasteiger partial charge in [-0.25, -0.2) is 0 Å². The molecule has 1 rings (SSSR count). The van der Waals surface area contributed by atoms with E-state index in [0.29, 0.717) is 6.54 Å². The quantitative estimate of drug-likeness (QED) is 0.764. The Morgan fingerprint density at radius 2 is 2.24 bits per heavy atom. The smallest absolute Gasteiger partial charge is 0.227 e. The molecule has 1 atom stereocenters. The average Bonchev–Trinajstić information content (AvgIpc) is 2.37. The van der Waals surface area contributed by atoms with Crippen molar-refractivity contribution in [2.45, 2.75) is 45.6 Å². The summed E-state index contributed by atoms with van der Waals surface area (Å²) >= 11 is 0. The van der Waals surface area contributed by atoms with Crippen molar-refractivity contribution in [2.75, 3.05) is 26.7 Å². The molecule has 0 saturated carbocycles. The number of hydrogen-bond acceptors (Lipinski definition) is 3. The van der Waals surface area contributed by atoms with Crippen LogP contribution in [0.15, 0.2) is 0 Å². The second kappa shape index (κ2) is 5.83. The Labute approximate surface area is 104 Å². The summed E-state index contributed by atoms with van der Waals surface area (Å²) in [6.07, 6.45) is 2.95. The Morgan fingerprint density at radius 3 is 2.71 bits per heavy atom. The molecule has 1 fully saturated rings. The first-order chi connectivity index (χ1) is 7.96. The van der Waals surface area contributed by atoms with Crippen LogP contribution < -0.4 is 10.6 Å². The van der Waals surface area contributed by atoms with Gasteiger partial charge in [0.2, 0.25) is 5.91 Å². The van der Waals surface area contributed by atoms with Gasteiger partial charge in [-0.3, -0.25) is 4.79 Å². The monoisotopic (exact) mass is 242 g/mol. The summed E-state index contributed by atoms with van der Waals surface area (Å²) < 4.78 is 5.31. The molecule has 0 spiro atoms. The molecule has 4 nitrogen and oxygen atoms in total. The SMILES string of the molecule is CCC1(C(=O)NCC(C)(C)OC)CCCNC1. The maximum absolute atomic E-state index is 12.3. The van der Waals surface area contributed by atoms with Crippen LogP contribution >= 0.6 is 0 Å². The Hall–Kier alpha value is -0.610. The molecule has 0 aliphatic carbocycles. The van der Waals surface area contributed by atoms with E-state index in [2.05, 4.69) is 17.6 Å². The normalized spacial score (nSPS) is 25.6. The van der Waals surface area contributed by atoms with Crippen LogP contribution in [-0.4, -0.2) is 38.3 Å². The summed E-state index contributed by atoms with van der Waals surface area (Å²) in [4.78, 5) is 12.3. The summed E-state index contributed by atoms with van der Waals surface area (Å²) in [6, 6.07) is 0. The van der Waals surface area contributed by atoms with E-state index < -0.39 is 0 Å². The van der Waals surface area contributed by atoms with Crippen LogP contribution in [0, 0.1) is 5.41 Å². The predicted octanol–water partition coefficient (Wildman–Crippen LogP) is 1.31. The number of methoxy groups -OCH3 is 1. The van der Waals surface area contributed by atoms with Crippen LogP contribution in [-0.2, 0) is 9.53 Å². The van der Waals surface area contributed by atoms with Gasteiger partial charge in [-0.2, -0.15) is 0 Å². The molecule has 1 aliphatic rings. The van der Waals surface area contributed by atoms with Crippen LogP contribution in [0.25, 0.3) is 0 Å². The van der Waals surface area contributed by atoms with E-state index in [4.69, 9.17) is 4.74 Å². The lowest BCUT2D eigenvalue weighted by Crippen LogP contribution is -2.52. The van der Waals surface area contributed by atoms with Gasteiger partial charge in [0.15, 0.2) is 0 Å². The van der Waals surface area contributed by atoms with Crippen LogP contribution in [0.2, 0.25) is 0 Å². The highest BCUT2D eigenvalue weighted by atomic mass is 16.5. The highest BCUT2D eigenvalue weighted by molar-refractivity contribution is 5.83. The summed E-state index contributed by atoms with van der Waals surface area (Å²) in [5.74, 6) is 0.164. The average molecular weight is 242 g/mol. The minimum atomic E-state index is -0.299. The fourth-order valence-corrected chi connectivity index (χ4v) is 2.18. The molecular weight excluding hydrogens is 216 g/mol. The van der Waals surface area contributed by atoms with Gasteiger partial charge >= 0.3 is 0 Å². The Bertz CT molecular complexity index is 258. The second-order valence-electron chi connectivity index (χ2n) is 5.56. The highest BCUT2D eigenvalue weighted by Crippen LogP contribution is 2.30. The fourth-order valence-electron chi connectivity index (χ4n) is 2.18. The third-order valence-corrected chi connectivity index (χ3v) is 3.86. The van der Waals surface area contributed by atoms with Crippen molar-refractivity contribution in [2.24, 2.45) is 5.41 Å². The number of ether oxygens (including phenoxy) is 1. The molecule has 2 N–H and O–H groups in total. The molecule has 0 aromatic heterocycles. The van der Waals surface area contributed by atoms with Crippen molar-refractivity contribution in [3.63, 3.8) is 0 Å². The van der Waals surface area contributed by atoms with Crippen LogP contribution in [0.5, 0.6) is 0 Å². The topological polar surface area (TPSA) is 50.4 Å². The Kier molecular flexibility index (Phi) is 4.95. The Morgan fingerprint density at radius 1 is 1.53 bits per heavy atom. The van der Waals surface area contributed by atoms with E-state index in [9.17, 15) is 4.79 Å². The van der Waals surface area contributed by atoms with Gasteiger partial charge in [-0.05, 0) is 39.7 Å². The van der Waals surface area contributed by atoms with Crippen molar-refractivity contribution in [1.29, 1.82) is 0 Å². The lowest BCUT2D eigenvalue weighted by atomic mass is 9.77. The van der Waals surface area contributed by atoms with Crippen LogP contribution in [0.3, 0.4) is 0 Å². The number of nitrogens with one attached hydrogen (secondary N) is 2. The summed E-state index contributed by atoms with van der Waals surface area (Å²) in [5.41, 5.74) is -0.519. The van der Waals surface area contributed by atoms with Crippen molar-refractivity contribution in [1.82, 2.24) is 10.6 Å².